The molecule has 0 bridgehead atoms. The molecule has 0 radical (unpaired) electrons. The fourth-order valence-corrected chi connectivity index (χ4v) is 1.46. The van der Waals surface area contributed by atoms with Gasteiger partial charge in [0.15, 0.2) is 0 Å². The Morgan fingerprint density at radius 1 is 1.75 bits per heavy atom. The predicted octanol–water partition coefficient (Wildman–Crippen LogP) is 1.80. The van der Waals surface area contributed by atoms with Crippen molar-refractivity contribution >= 4 is 15.3 Å². The molecule has 0 nitrogen and oxygen atoms in total. The van der Waals surface area contributed by atoms with Crippen molar-refractivity contribution < 1.29 is 0 Å². The first kappa shape index (κ1) is 5.87. The summed E-state index contributed by atoms with van der Waals surface area (Å²) < 4.78 is 0. The van der Waals surface area contributed by atoms with Crippen LogP contribution in [-0.4, -0.2) is 16.9 Å². The molecular weight excluding hydrogens is 116 g/mol. The molecule has 0 aromatic carbocycles. The quantitative estimate of drug-likeness (QED) is 0.343. The van der Waals surface area contributed by atoms with Gasteiger partial charge in [0.1, 0.15) is 0 Å². The molecule has 44 valence electrons. The van der Waals surface area contributed by atoms with Crippen LogP contribution < -0.4 is 0 Å². The molecule has 0 amide bonds. The van der Waals surface area contributed by atoms with Crippen LogP contribution in [0.1, 0.15) is 6.92 Å². The fourth-order valence-electron chi connectivity index (χ4n) is 0.581. The molecule has 1 aliphatic heterocycles. The molecule has 1 atom stereocenters. The van der Waals surface area contributed by atoms with Crippen LogP contribution in [0.15, 0.2) is 17.9 Å². The molecule has 0 aromatic heterocycles. The van der Waals surface area contributed by atoms with E-state index >= 15 is 0 Å². The SMILES string of the molecule is CC1=S(C)CC=C=C1. The van der Waals surface area contributed by atoms with Gasteiger partial charge in [-0.15, -0.1) is 5.73 Å². The summed E-state index contributed by atoms with van der Waals surface area (Å²) in [6, 6.07) is 0. The lowest BCUT2D eigenvalue weighted by Crippen LogP contribution is -1.90. The number of hydrogen-bond donors (Lipinski definition) is 0. The molecule has 0 fully saturated rings. The first-order valence-electron chi connectivity index (χ1n) is 2.68. The van der Waals surface area contributed by atoms with Crippen molar-refractivity contribution in [1.29, 1.82) is 0 Å². The normalized spacial score (nSPS) is 26.8. The summed E-state index contributed by atoms with van der Waals surface area (Å²) >= 11 is 0. The highest BCUT2D eigenvalue weighted by Crippen LogP contribution is 2.12. The molecule has 0 N–H and O–H groups in total. The monoisotopic (exact) mass is 126 g/mol. The second-order valence-electron chi connectivity index (χ2n) is 1.93. The minimum atomic E-state index is 0.508. The fraction of sp³-hybridized carbons (Fsp3) is 0.429. The van der Waals surface area contributed by atoms with Crippen molar-refractivity contribution in [2.24, 2.45) is 0 Å². The number of hydrogen-bond acceptors (Lipinski definition) is 0. The second-order valence-corrected chi connectivity index (χ2v) is 4.18. The summed E-state index contributed by atoms with van der Waals surface area (Å²) in [5.74, 6) is 1.20. The highest BCUT2D eigenvalue weighted by molar-refractivity contribution is 8.15. The predicted molar refractivity (Wildman–Crippen MR) is 41.7 cm³/mol. The summed E-state index contributed by atoms with van der Waals surface area (Å²) in [7, 11) is 0.508. The maximum Gasteiger partial charge on any atom is 0.0139 e. The van der Waals surface area contributed by atoms with Crippen molar-refractivity contribution in [2.75, 3.05) is 12.0 Å². The molecule has 1 rings (SSSR count). The van der Waals surface area contributed by atoms with Crippen LogP contribution in [0.5, 0.6) is 0 Å². The smallest absolute Gasteiger partial charge is 0.0139 e. The van der Waals surface area contributed by atoms with Crippen LogP contribution in [-0.2, 0) is 0 Å². The third-order valence-electron chi connectivity index (χ3n) is 1.29. The lowest BCUT2D eigenvalue weighted by atomic mass is 10.4. The van der Waals surface area contributed by atoms with E-state index in [9.17, 15) is 0 Å². The summed E-state index contributed by atoms with van der Waals surface area (Å²) in [6.07, 6.45) is 6.45. The highest BCUT2D eigenvalue weighted by Gasteiger charge is 1.90. The van der Waals surface area contributed by atoms with Gasteiger partial charge in [0.05, 0.1) is 0 Å². The molecule has 1 heterocycles. The van der Waals surface area contributed by atoms with E-state index in [0.717, 1.165) is 0 Å². The molecule has 1 aliphatic rings. The third kappa shape index (κ3) is 1.12. The van der Waals surface area contributed by atoms with Gasteiger partial charge in [-0.1, -0.05) is 0 Å². The Hall–Kier alpha value is -0.260. The lowest BCUT2D eigenvalue weighted by Gasteiger charge is -2.02. The van der Waals surface area contributed by atoms with E-state index in [1.54, 1.807) is 0 Å². The van der Waals surface area contributed by atoms with Crippen LogP contribution in [0, 0.1) is 0 Å². The van der Waals surface area contributed by atoms with Gasteiger partial charge in [0.25, 0.3) is 0 Å². The lowest BCUT2D eigenvalue weighted by molar-refractivity contribution is 1.76. The minimum absolute atomic E-state index is 0.508. The van der Waals surface area contributed by atoms with E-state index in [-0.39, 0.29) is 0 Å². The summed E-state index contributed by atoms with van der Waals surface area (Å²) in [5.41, 5.74) is 3.08. The van der Waals surface area contributed by atoms with Gasteiger partial charge in [-0.3, -0.25) is 0 Å². The van der Waals surface area contributed by atoms with Gasteiger partial charge in [0, 0.05) is 5.75 Å². The standard InChI is InChI=1S/C7H10S/c1-7-5-3-4-6-8(7)2/h4-5H,6H2,1-2H3. The minimum Gasteiger partial charge on any atom is -0.181 e. The van der Waals surface area contributed by atoms with Crippen molar-refractivity contribution in [3.8, 4) is 0 Å². The van der Waals surface area contributed by atoms with E-state index in [1.807, 2.05) is 0 Å². The topological polar surface area (TPSA) is 0 Å². The maximum atomic E-state index is 3.08. The van der Waals surface area contributed by atoms with Crippen molar-refractivity contribution in [2.45, 2.75) is 6.92 Å². The largest absolute Gasteiger partial charge is 0.181 e. The number of rotatable bonds is 0. The van der Waals surface area contributed by atoms with Gasteiger partial charge in [0.2, 0.25) is 0 Å². The molecule has 0 spiro atoms. The van der Waals surface area contributed by atoms with Crippen LogP contribution >= 0.6 is 10.5 Å². The van der Waals surface area contributed by atoms with Gasteiger partial charge in [-0.05, 0) is 30.2 Å². The van der Waals surface area contributed by atoms with E-state index < -0.39 is 0 Å². The molecule has 0 aromatic rings. The average Bonchev–Trinajstić information content (AvgIpc) is 1.77. The Kier molecular flexibility index (Phi) is 1.72. The van der Waals surface area contributed by atoms with E-state index in [0.29, 0.717) is 10.5 Å². The molecule has 0 saturated heterocycles. The van der Waals surface area contributed by atoms with Gasteiger partial charge in [-0.2, -0.15) is 10.5 Å². The highest BCUT2D eigenvalue weighted by atomic mass is 32.2. The Balaban J connectivity index is 2.93. The molecular formula is C7H10S. The van der Waals surface area contributed by atoms with Crippen LogP contribution in [0.4, 0.5) is 0 Å². The maximum absolute atomic E-state index is 3.08. The summed E-state index contributed by atoms with van der Waals surface area (Å²) in [6.45, 7) is 2.17. The van der Waals surface area contributed by atoms with Crippen LogP contribution in [0.3, 0.4) is 0 Å². The summed E-state index contributed by atoms with van der Waals surface area (Å²) in [4.78, 5) is 1.48. The van der Waals surface area contributed by atoms with E-state index in [4.69, 9.17) is 0 Å². The van der Waals surface area contributed by atoms with Crippen molar-refractivity contribution in [1.82, 2.24) is 0 Å². The molecule has 0 aliphatic carbocycles. The molecule has 0 saturated carbocycles. The zero-order chi connectivity index (χ0) is 5.98. The Bertz CT molecular complexity index is 181. The van der Waals surface area contributed by atoms with Crippen molar-refractivity contribution in [3.63, 3.8) is 0 Å². The first-order chi connectivity index (χ1) is 3.80. The molecule has 1 heteroatoms. The third-order valence-corrected chi connectivity index (χ3v) is 3.17. The van der Waals surface area contributed by atoms with Crippen molar-refractivity contribution in [3.05, 3.63) is 17.9 Å². The molecule has 8 heavy (non-hydrogen) atoms. The van der Waals surface area contributed by atoms with Crippen LogP contribution in [0.25, 0.3) is 0 Å². The summed E-state index contributed by atoms with van der Waals surface area (Å²) in [5, 5.41) is 0. The molecule has 1 unspecified atom stereocenters. The Morgan fingerprint density at radius 3 is 2.88 bits per heavy atom. The van der Waals surface area contributed by atoms with Crippen LogP contribution in [0.2, 0.25) is 0 Å². The Morgan fingerprint density at radius 2 is 2.50 bits per heavy atom. The van der Waals surface area contributed by atoms with Gasteiger partial charge >= 0.3 is 0 Å². The zero-order valence-electron chi connectivity index (χ0n) is 5.27. The first-order valence-corrected chi connectivity index (χ1v) is 4.48. The van der Waals surface area contributed by atoms with E-state index in [1.165, 1.54) is 10.6 Å². The van der Waals surface area contributed by atoms with Gasteiger partial charge < -0.3 is 0 Å². The van der Waals surface area contributed by atoms with E-state index in [2.05, 4.69) is 31.1 Å². The van der Waals surface area contributed by atoms with Gasteiger partial charge in [-0.25, -0.2) is 0 Å². The zero-order valence-corrected chi connectivity index (χ0v) is 6.09. The second kappa shape index (κ2) is 2.34. The Labute approximate surface area is 52.8 Å². The average molecular weight is 126 g/mol.